The van der Waals surface area contributed by atoms with E-state index >= 15 is 0 Å². The first kappa shape index (κ1) is 58.3. The maximum absolute atomic E-state index is 13.4. The summed E-state index contributed by atoms with van der Waals surface area (Å²) in [5, 5.41) is 49.1. The van der Waals surface area contributed by atoms with Crippen molar-refractivity contribution in [3.63, 3.8) is 0 Å². The Bertz CT molecular complexity index is 4260. The third kappa shape index (κ3) is 9.40. The predicted molar refractivity (Wildman–Crippen MR) is 338 cm³/mol. The van der Waals surface area contributed by atoms with Gasteiger partial charge in [-0.15, -0.1) is 0 Å². The number of H-pyrrole nitrogens is 2. The van der Waals surface area contributed by atoms with Crippen molar-refractivity contribution in [1.29, 1.82) is 0 Å². The normalized spacial score (nSPS) is 13.9. The van der Waals surface area contributed by atoms with Gasteiger partial charge in [0.25, 0.3) is 0 Å². The van der Waals surface area contributed by atoms with Crippen molar-refractivity contribution in [3.8, 4) is 23.0 Å². The van der Waals surface area contributed by atoms with Crippen LogP contribution in [0.4, 0.5) is 0 Å². The molecule has 0 bridgehead atoms. The maximum atomic E-state index is 13.4. The molecule has 2 atom stereocenters. The quantitative estimate of drug-likeness (QED) is 0.0488. The zero-order valence-corrected chi connectivity index (χ0v) is 47.3. The molecule has 0 radical (unpaired) electrons. The minimum absolute atomic E-state index is 0.0572. The van der Waals surface area contributed by atoms with Crippen LogP contribution in [-0.4, -0.2) is 53.9 Å². The minimum atomic E-state index is -0.502. The molecule has 14 rings (SSSR count). The van der Waals surface area contributed by atoms with Crippen molar-refractivity contribution >= 4 is 110 Å². The van der Waals surface area contributed by atoms with E-state index in [2.05, 4.69) is 9.97 Å². The number of nitrogens with zero attached hydrogens (tertiary/aromatic N) is 2. The van der Waals surface area contributed by atoms with Gasteiger partial charge in [-0.05, 0) is 24.3 Å². The number of aromatic hydroxyl groups is 4. The predicted octanol–water partition coefficient (Wildman–Crippen LogP) is 15.2. The fourth-order valence-electron chi connectivity index (χ4n) is 10.4. The number of aromatic nitrogens is 2. The summed E-state index contributed by atoms with van der Waals surface area (Å²) in [6.07, 6.45) is 7.16. The smallest absolute Gasteiger partial charge is 0.196 e. The van der Waals surface area contributed by atoms with Gasteiger partial charge in [-0.1, -0.05) is 204 Å². The molecule has 6 N–H and O–H groups in total. The van der Waals surface area contributed by atoms with E-state index in [9.17, 15) is 39.6 Å². The van der Waals surface area contributed by atoms with Gasteiger partial charge in [-0.25, -0.2) is 0 Å². The SMILES string of the molecule is CC.CC.CC.CC.CC.CC.O=c1c2ccccc2c(=O)c2c1ccc1[nH]c3c(ccc4c(=O)c5ccccc5c(=O)c43)[nH]c12.Oc1c2c(c(O)c3ccccc13)C1=NC3C=Cc4c(c(O)c5ccccc5c4O)C3=NC1C=C2. The Balaban J connectivity index is 0.000000195. The van der Waals surface area contributed by atoms with E-state index < -0.39 is 12.1 Å². The molecule has 0 saturated heterocycles. The summed E-state index contributed by atoms with van der Waals surface area (Å²) in [7, 11) is 0. The van der Waals surface area contributed by atoms with Crippen LogP contribution in [0.2, 0.25) is 0 Å². The molecule has 1 aromatic heterocycles. The molecule has 11 aromatic rings. The lowest BCUT2D eigenvalue weighted by Crippen LogP contribution is -2.35. The molecule has 2 aliphatic carbocycles. The van der Waals surface area contributed by atoms with Crippen molar-refractivity contribution < 1.29 is 20.4 Å². The number of aliphatic imine (C=N–C) groups is 2. The van der Waals surface area contributed by atoms with Gasteiger partial charge in [0.2, 0.25) is 0 Å². The minimum Gasteiger partial charge on any atom is -0.507 e. The summed E-state index contributed by atoms with van der Waals surface area (Å²) in [5.41, 5.74) is 4.26. The summed E-state index contributed by atoms with van der Waals surface area (Å²) in [6, 6.07) is 33.6. The van der Waals surface area contributed by atoms with Gasteiger partial charge in [-0.2, -0.15) is 0 Å². The lowest BCUT2D eigenvalue weighted by atomic mass is 9.83. The Morgan fingerprint density at radius 1 is 0.338 bits per heavy atom. The Morgan fingerprint density at radius 2 is 0.613 bits per heavy atom. The molecular formula is C68H68N4O8. The second-order valence-electron chi connectivity index (χ2n) is 17.2. The number of nitrogens with one attached hydrogen (secondary N) is 2. The molecule has 12 nitrogen and oxygen atoms in total. The number of fused-ring (bicyclic) bond motifs is 16. The largest absolute Gasteiger partial charge is 0.507 e. The summed E-state index contributed by atoms with van der Waals surface area (Å²) < 4.78 is 0. The van der Waals surface area contributed by atoms with E-state index in [4.69, 9.17) is 9.98 Å². The number of hydrogen-bond acceptors (Lipinski definition) is 10. The van der Waals surface area contributed by atoms with Gasteiger partial charge >= 0.3 is 0 Å². The van der Waals surface area contributed by atoms with Crippen LogP contribution in [0.1, 0.15) is 105 Å². The van der Waals surface area contributed by atoms with Gasteiger partial charge in [0, 0.05) is 65.0 Å². The van der Waals surface area contributed by atoms with E-state index in [1.165, 1.54) is 0 Å². The average Bonchev–Trinajstić information content (AvgIpc) is 3.72. The van der Waals surface area contributed by atoms with Gasteiger partial charge in [0.15, 0.2) is 21.7 Å². The summed E-state index contributed by atoms with van der Waals surface area (Å²) in [6.45, 7) is 24.0. The van der Waals surface area contributed by atoms with E-state index in [1.54, 1.807) is 109 Å². The highest BCUT2D eigenvalue weighted by Gasteiger charge is 2.37. The highest BCUT2D eigenvalue weighted by Crippen LogP contribution is 2.47. The molecule has 0 saturated carbocycles. The van der Waals surface area contributed by atoms with Crippen molar-refractivity contribution in [2.45, 2.75) is 95.2 Å². The van der Waals surface area contributed by atoms with Crippen LogP contribution < -0.4 is 21.7 Å². The first-order valence-electron chi connectivity index (χ1n) is 27.8. The maximum Gasteiger partial charge on any atom is 0.196 e. The monoisotopic (exact) mass is 1070 g/mol. The molecule has 3 aliphatic rings. The molecule has 12 heteroatoms. The van der Waals surface area contributed by atoms with Crippen molar-refractivity contribution in [1.82, 2.24) is 9.97 Å². The van der Waals surface area contributed by atoms with Gasteiger partial charge in [0.05, 0.1) is 55.4 Å². The summed E-state index contributed by atoms with van der Waals surface area (Å²) in [5.74, 6) is 0.298. The van der Waals surface area contributed by atoms with Crippen LogP contribution in [0.5, 0.6) is 23.0 Å². The topological polar surface area (TPSA) is 206 Å². The number of benzene rings is 10. The first-order valence-corrected chi connectivity index (χ1v) is 27.8. The van der Waals surface area contributed by atoms with Crippen LogP contribution in [0.3, 0.4) is 0 Å². The van der Waals surface area contributed by atoms with Crippen molar-refractivity contribution in [2.24, 2.45) is 9.98 Å². The first-order chi connectivity index (χ1) is 39.1. The molecule has 80 heavy (non-hydrogen) atoms. The molecular weight excluding hydrogens is 1000 g/mol. The van der Waals surface area contributed by atoms with Gasteiger partial charge in [-0.3, -0.25) is 29.2 Å². The zero-order valence-electron chi connectivity index (χ0n) is 47.3. The molecule has 0 amide bonds. The lowest BCUT2D eigenvalue weighted by Gasteiger charge is -2.31. The van der Waals surface area contributed by atoms with Crippen LogP contribution in [0.15, 0.2) is 163 Å². The van der Waals surface area contributed by atoms with Crippen LogP contribution in [0, 0.1) is 0 Å². The fourth-order valence-corrected chi connectivity index (χ4v) is 10.4. The van der Waals surface area contributed by atoms with Gasteiger partial charge < -0.3 is 30.4 Å². The molecule has 408 valence electrons. The second-order valence-corrected chi connectivity index (χ2v) is 17.2. The van der Waals surface area contributed by atoms with E-state index in [0.29, 0.717) is 120 Å². The van der Waals surface area contributed by atoms with Crippen LogP contribution in [0.25, 0.3) is 98.9 Å². The van der Waals surface area contributed by atoms with E-state index in [-0.39, 0.29) is 44.7 Å². The molecule has 1 aliphatic heterocycles. The number of rotatable bonds is 0. The highest BCUT2D eigenvalue weighted by atomic mass is 16.3. The van der Waals surface area contributed by atoms with E-state index in [1.807, 2.05) is 120 Å². The van der Waals surface area contributed by atoms with Gasteiger partial charge in [0.1, 0.15) is 35.1 Å². The third-order valence-corrected chi connectivity index (χ3v) is 13.6. The molecule has 10 aromatic carbocycles. The Morgan fingerprint density at radius 3 is 0.925 bits per heavy atom. The Kier molecular flexibility index (Phi) is 18.2. The molecule has 0 fully saturated rings. The van der Waals surface area contributed by atoms with E-state index in [0.717, 1.165) is 0 Å². The number of aromatic amines is 2. The molecule has 0 spiro atoms. The number of hydrogen-bond donors (Lipinski definition) is 6. The summed E-state index contributed by atoms with van der Waals surface area (Å²) >= 11 is 0. The number of phenols is 4. The fraction of sp³-hybridized carbons (Fsp3) is 0.206. The average molecular weight is 1070 g/mol. The highest BCUT2D eigenvalue weighted by molar-refractivity contribution is 6.24. The lowest BCUT2D eigenvalue weighted by molar-refractivity contribution is 0.466. The Hall–Kier alpha value is -9.42. The molecule has 2 unspecified atom stereocenters. The van der Waals surface area contributed by atoms with Crippen molar-refractivity contribution in [3.05, 3.63) is 197 Å². The van der Waals surface area contributed by atoms with Crippen LogP contribution in [-0.2, 0) is 0 Å². The Labute approximate surface area is 463 Å². The van der Waals surface area contributed by atoms with Crippen LogP contribution >= 0.6 is 0 Å². The van der Waals surface area contributed by atoms with Crippen molar-refractivity contribution in [2.75, 3.05) is 0 Å². The standard InChI is InChI=1S/C28H18N2O4.C28H14N2O4.6C2H6/c2*31-25-13-5-1-3-7-15(13)27(33)21-17(25)9-11-19-23(21)29-20-12-10-18-22(24(20)30-19)28(34)16-8-4-2-6-14(16)26(18)32;6*1-2/h1-12,19-20,31-34H;1-12,29-30H;6*1-2H3. The third-order valence-electron chi connectivity index (χ3n) is 13.6. The molecule has 2 heterocycles. The zero-order chi connectivity index (χ0) is 58.3. The summed E-state index contributed by atoms with van der Waals surface area (Å²) in [4.78, 5) is 69.3. The second kappa shape index (κ2) is 24.9. The number of phenolic OH excluding ortho intramolecular Hbond substituents is 4.